The molecule has 0 atom stereocenters. The second-order valence-electron chi connectivity index (χ2n) is 5.64. The Labute approximate surface area is 118 Å². The predicted molar refractivity (Wildman–Crippen MR) is 79.4 cm³/mol. The third kappa shape index (κ3) is 8.12. The van der Waals surface area contributed by atoms with Gasteiger partial charge in [0.25, 0.3) is 0 Å². The Morgan fingerprint density at radius 2 is 1.47 bits per heavy atom. The van der Waals surface area contributed by atoms with Gasteiger partial charge in [-0.1, -0.05) is 51.9 Å². The molecule has 0 spiro atoms. The van der Waals surface area contributed by atoms with Gasteiger partial charge in [0, 0.05) is 13.1 Å². The van der Waals surface area contributed by atoms with Crippen molar-refractivity contribution in [2.24, 2.45) is 0 Å². The van der Waals surface area contributed by atoms with Crippen LogP contribution in [-0.4, -0.2) is 30.7 Å². The number of unbranched alkanes of at least 4 members (excludes halogenated alkanes) is 7. The van der Waals surface area contributed by atoms with Crippen LogP contribution in [0, 0.1) is 0 Å². The number of likely N-dealkylation sites (tertiary alicyclic amines) is 1. The molecule has 0 unspecified atom stereocenters. The molecule has 0 aromatic heterocycles. The van der Waals surface area contributed by atoms with Gasteiger partial charge in [0.1, 0.15) is 0 Å². The molecule has 1 aliphatic heterocycles. The topological polar surface area (TPSA) is 29.5 Å². The van der Waals surface area contributed by atoms with Crippen molar-refractivity contribution in [1.29, 1.82) is 0 Å². The summed E-state index contributed by atoms with van der Waals surface area (Å²) in [6.45, 7) is 4.62. The van der Waals surface area contributed by atoms with Gasteiger partial charge >= 0.3 is 6.09 Å². The van der Waals surface area contributed by atoms with Gasteiger partial charge in [-0.15, -0.1) is 0 Å². The SMILES string of the molecule is CCCCCCCCCCOC(=O)N1CCCCC1. The molecule has 0 saturated carbocycles. The molecule has 1 aliphatic rings. The Morgan fingerprint density at radius 1 is 0.895 bits per heavy atom. The summed E-state index contributed by atoms with van der Waals surface area (Å²) in [6, 6.07) is 0. The fourth-order valence-corrected chi connectivity index (χ4v) is 2.56. The van der Waals surface area contributed by atoms with E-state index in [0.717, 1.165) is 32.4 Å². The standard InChI is InChI=1S/C16H31NO2/c1-2-3-4-5-6-7-8-12-15-19-16(18)17-13-10-9-11-14-17/h2-15H2,1H3. The lowest BCUT2D eigenvalue weighted by Gasteiger charge is -2.25. The first-order valence-electron chi connectivity index (χ1n) is 8.26. The van der Waals surface area contributed by atoms with Crippen LogP contribution in [0.3, 0.4) is 0 Å². The van der Waals surface area contributed by atoms with E-state index in [9.17, 15) is 4.79 Å². The minimum atomic E-state index is -0.0948. The number of hydrogen-bond acceptors (Lipinski definition) is 2. The molecule has 0 aromatic carbocycles. The zero-order valence-electron chi connectivity index (χ0n) is 12.7. The molecule has 0 bridgehead atoms. The maximum Gasteiger partial charge on any atom is 0.409 e. The van der Waals surface area contributed by atoms with E-state index in [0.29, 0.717) is 6.61 Å². The van der Waals surface area contributed by atoms with E-state index >= 15 is 0 Å². The zero-order valence-corrected chi connectivity index (χ0v) is 12.7. The normalized spacial score (nSPS) is 15.5. The highest BCUT2D eigenvalue weighted by molar-refractivity contribution is 5.67. The van der Waals surface area contributed by atoms with Crippen LogP contribution in [0.25, 0.3) is 0 Å². The quantitative estimate of drug-likeness (QED) is 0.565. The average molecular weight is 269 g/mol. The zero-order chi connectivity index (χ0) is 13.8. The molecule has 1 fully saturated rings. The lowest BCUT2D eigenvalue weighted by Crippen LogP contribution is -2.36. The fourth-order valence-electron chi connectivity index (χ4n) is 2.56. The Balaban J connectivity index is 1.86. The second-order valence-corrected chi connectivity index (χ2v) is 5.64. The molecule has 1 amide bonds. The van der Waals surface area contributed by atoms with Gasteiger partial charge in [-0.25, -0.2) is 4.79 Å². The number of carbonyl (C=O) groups is 1. The molecule has 0 aromatic rings. The summed E-state index contributed by atoms with van der Waals surface area (Å²) in [5.41, 5.74) is 0. The lowest BCUT2D eigenvalue weighted by atomic mass is 10.1. The molecular weight excluding hydrogens is 238 g/mol. The second kappa shape index (κ2) is 11.1. The highest BCUT2D eigenvalue weighted by Gasteiger charge is 2.16. The monoisotopic (exact) mass is 269 g/mol. The van der Waals surface area contributed by atoms with Crippen molar-refractivity contribution in [2.45, 2.75) is 77.6 Å². The summed E-state index contributed by atoms with van der Waals surface area (Å²) in [4.78, 5) is 13.6. The van der Waals surface area contributed by atoms with Crippen molar-refractivity contribution in [2.75, 3.05) is 19.7 Å². The van der Waals surface area contributed by atoms with Crippen LogP contribution in [-0.2, 0) is 4.74 Å². The van der Waals surface area contributed by atoms with E-state index < -0.39 is 0 Å². The van der Waals surface area contributed by atoms with Crippen LogP contribution in [0.4, 0.5) is 4.79 Å². The molecule has 1 heterocycles. The van der Waals surface area contributed by atoms with Crippen molar-refractivity contribution in [3.05, 3.63) is 0 Å². The Kier molecular flexibility index (Phi) is 9.56. The summed E-state index contributed by atoms with van der Waals surface area (Å²) in [6.07, 6.45) is 13.7. The molecule has 1 rings (SSSR count). The summed E-state index contributed by atoms with van der Waals surface area (Å²) >= 11 is 0. The van der Waals surface area contributed by atoms with Gasteiger partial charge in [-0.2, -0.15) is 0 Å². The first-order valence-corrected chi connectivity index (χ1v) is 8.26. The summed E-state index contributed by atoms with van der Waals surface area (Å²) in [7, 11) is 0. The first-order chi connectivity index (χ1) is 9.34. The van der Waals surface area contributed by atoms with Crippen molar-refractivity contribution < 1.29 is 9.53 Å². The minimum absolute atomic E-state index is 0.0948. The summed E-state index contributed by atoms with van der Waals surface area (Å²) < 4.78 is 5.31. The van der Waals surface area contributed by atoms with E-state index in [-0.39, 0.29) is 6.09 Å². The van der Waals surface area contributed by atoms with Crippen LogP contribution in [0.15, 0.2) is 0 Å². The van der Waals surface area contributed by atoms with E-state index in [1.165, 1.54) is 51.4 Å². The van der Waals surface area contributed by atoms with Gasteiger partial charge in [0.05, 0.1) is 6.61 Å². The molecule has 0 N–H and O–H groups in total. The number of piperidine rings is 1. The largest absolute Gasteiger partial charge is 0.449 e. The van der Waals surface area contributed by atoms with E-state index in [1.54, 1.807) is 0 Å². The Hall–Kier alpha value is -0.730. The molecule has 112 valence electrons. The predicted octanol–water partition coefficient (Wildman–Crippen LogP) is 4.75. The van der Waals surface area contributed by atoms with Crippen LogP contribution >= 0.6 is 0 Å². The summed E-state index contributed by atoms with van der Waals surface area (Å²) in [5, 5.41) is 0. The maximum atomic E-state index is 11.7. The molecule has 1 saturated heterocycles. The van der Waals surface area contributed by atoms with E-state index in [4.69, 9.17) is 4.74 Å². The number of carbonyl (C=O) groups excluding carboxylic acids is 1. The number of amides is 1. The average Bonchev–Trinajstić information content (AvgIpc) is 2.46. The van der Waals surface area contributed by atoms with Crippen LogP contribution < -0.4 is 0 Å². The highest BCUT2D eigenvalue weighted by Crippen LogP contribution is 2.11. The first kappa shape index (κ1) is 16.3. The number of rotatable bonds is 9. The smallest absolute Gasteiger partial charge is 0.409 e. The molecular formula is C16H31NO2. The van der Waals surface area contributed by atoms with Gasteiger partial charge in [0.2, 0.25) is 0 Å². The van der Waals surface area contributed by atoms with Gasteiger partial charge in [0.15, 0.2) is 0 Å². The fraction of sp³-hybridized carbons (Fsp3) is 0.938. The van der Waals surface area contributed by atoms with Crippen molar-refractivity contribution >= 4 is 6.09 Å². The summed E-state index contributed by atoms with van der Waals surface area (Å²) in [5.74, 6) is 0. The van der Waals surface area contributed by atoms with Crippen molar-refractivity contribution in [1.82, 2.24) is 4.90 Å². The van der Waals surface area contributed by atoms with Crippen LogP contribution in [0.2, 0.25) is 0 Å². The molecule has 19 heavy (non-hydrogen) atoms. The number of ether oxygens (including phenoxy) is 1. The number of hydrogen-bond donors (Lipinski definition) is 0. The van der Waals surface area contributed by atoms with Crippen molar-refractivity contribution in [3.8, 4) is 0 Å². The Morgan fingerprint density at radius 3 is 2.11 bits per heavy atom. The molecule has 0 aliphatic carbocycles. The van der Waals surface area contributed by atoms with Crippen LogP contribution in [0.1, 0.15) is 77.6 Å². The van der Waals surface area contributed by atoms with Gasteiger partial charge in [-0.3, -0.25) is 0 Å². The van der Waals surface area contributed by atoms with E-state index in [2.05, 4.69) is 6.92 Å². The molecule has 0 radical (unpaired) electrons. The Bertz CT molecular complexity index is 225. The van der Waals surface area contributed by atoms with Gasteiger partial charge < -0.3 is 9.64 Å². The highest BCUT2D eigenvalue weighted by atomic mass is 16.6. The van der Waals surface area contributed by atoms with Crippen LogP contribution in [0.5, 0.6) is 0 Å². The maximum absolute atomic E-state index is 11.7. The lowest BCUT2D eigenvalue weighted by molar-refractivity contribution is 0.0936. The third-order valence-corrected chi connectivity index (χ3v) is 3.84. The minimum Gasteiger partial charge on any atom is -0.449 e. The molecule has 3 heteroatoms. The van der Waals surface area contributed by atoms with Gasteiger partial charge in [-0.05, 0) is 25.7 Å². The van der Waals surface area contributed by atoms with Crippen molar-refractivity contribution in [3.63, 3.8) is 0 Å². The molecule has 3 nitrogen and oxygen atoms in total. The number of nitrogens with zero attached hydrogens (tertiary/aromatic N) is 1. The van der Waals surface area contributed by atoms with E-state index in [1.807, 2.05) is 4.90 Å². The third-order valence-electron chi connectivity index (χ3n) is 3.84.